The molecule has 0 fully saturated rings. The van der Waals surface area contributed by atoms with E-state index in [0.29, 0.717) is 5.02 Å². The highest BCUT2D eigenvalue weighted by Gasteiger charge is 2.14. The van der Waals surface area contributed by atoms with Crippen molar-refractivity contribution < 1.29 is 5.11 Å². The zero-order valence-electron chi connectivity index (χ0n) is 10.4. The predicted octanol–water partition coefficient (Wildman–Crippen LogP) is 4.57. The van der Waals surface area contributed by atoms with Crippen LogP contribution in [0, 0.1) is 3.57 Å². The lowest BCUT2D eigenvalue weighted by molar-refractivity contribution is 0.222. The summed E-state index contributed by atoms with van der Waals surface area (Å²) in [5.74, 6) is 0. The van der Waals surface area contributed by atoms with Gasteiger partial charge in [-0.25, -0.2) is 0 Å². The van der Waals surface area contributed by atoms with E-state index in [1.165, 1.54) is 0 Å². The molecule has 2 aromatic carbocycles. The fourth-order valence-corrected chi connectivity index (χ4v) is 2.76. The van der Waals surface area contributed by atoms with Crippen molar-refractivity contribution >= 4 is 45.0 Å². The van der Waals surface area contributed by atoms with Gasteiger partial charge in [-0.3, -0.25) is 4.98 Å². The van der Waals surface area contributed by atoms with Crippen LogP contribution in [0.15, 0.2) is 54.9 Å². The summed E-state index contributed by atoms with van der Waals surface area (Å²) in [6.07, 6.45) is 2.82. The molecule has 2 nitrogen and oxygen atoms in total. The van der Waals surface area contributed by atoms with E-state index in [1.807, 2.05) is 42.5 Å². The van der Waals surface area contributed by atoms with E-state index in [1.54, 1.807) is 12.4 Å². The maximum atomic E-state index is 10.6. The van der Waals surface area contributed by atoms with Gasteiger partial charge in [-0.2, -0.15) is 0 Å². The number of halogens is 2. The molecule has 1 heterocycles. The summed E-state index contributed by atoms with van der Waals surface area (Å²) in [6, 6.07) is 13.4. The minimum atomic E-state index is -0.711. The zero-order valence-corrected chi connectivity index (χ0v) is 13.3. The number of hydrogen-bond acceptors (Lipinski definition) is 2. The van der Waals surface area contributed by atoms with E-state index >= 15 is 0 Å². The SMILES string of the molecule is OC(c1ccc(I)c(Cl)c1)c1cccc2ccncc12. The normalized spacial score (nSPS) is 12.6. The highest BCUT2D eigenvalue weighted by Crippen LogP contribution is 2.30. The number of aromatic nitrogens is 1. The molecule has 0 bridgehead atoms. The van der Waals surface area contributed by atoms with Gasteiger partial charge in [-0.1, -0.05) is 35.9 Å². The largest absolute Gasteiger partial charge is 0.384 e. The predicted molar refractivity (Wildman–Crippen MR) is 90.0 cm³/mol. The van der Waals surface area contributed by atoms with Crippen molar-refractivity contribution in [1.82, 2.24) is 4.98 Å². The second-order valence-corrected chi connectivity index (χ2v) is 6.09. The summed E-state index contributed by atoms with van der Waals surface area (Å²) < 4.78 is 0.972. The van der Waals surface area contributed by atoms with Crippen LogP contribution in [0.25, 0.3) is 10.8 Å². The summed E-state index contributed by atoms with van der Waals surface area (Å²) >= 11 is 8.30. The van der Waals surface area contributed by atoms with Gasteiger partial charge in [0.25, 0.3) is 0 Å². The van der Waals surface area contributed by atoms with Gasteiger partial charge in [0.2, 0.25) is 0 Å². The summed E-state index contributed by atoms with van der Waals surface area (Å²) in [5, 5.41) is 13.3. The molecule has 4 heteroatoms. The monoisotopic (exact) mass is 395 g/mol. The first-order valence-electron chi connectivity index (χ1n) is 6.12. The molecule has 0 aliphatic heterocycles. The van der Waals surface area contributed by atoms with Crippen LogP contribution in [-0.2, 0) is 0 Å². The molecule has 1 unspecified atom stereocenters. The second kappa shape index (κ2) is 5.68. The molecule has 1 aromatic heterocycles. The van der Waals surface area contributed by atoms with E-state index in [4.69, 9.17) is 11.6 Å². The highest BCUT2D eigenvalue weighted by atomic mass is 127. The van der Waals surface area contributed by atoms with Gasteiger partial charge < -0.3 is 5.11 Å². The molecule has 0 saturated carbocycles. The molecule has 3 aromatic rings. The van der Waals surface area contributed by atoms with Crippen LogP contribution in [-0.4, -0.2) is 10.1 Å². The van der Waals surface area contributed by atoms with Gasteiger partial charge in [0.05, 0.1) is 5.02 Å². The molecule has 1 N–H and O–H groups in total. The number of aliphatic hydroxyl groups excluding tert-OH is 1. The molecule has 100 valence electrons. The van der Waals surface area contributed by atoms with Gasteiger partial charge in [-0.15, -0.1) is 0 Å². The number of nitrogens with zero attached hydrogens (tertiary/aromatic N) is 1. The Labute approximate surface area is 135 Å². The Morgan fingerprint density at radius 1 is 1.15 bits per heavy atom. The third-order valence-corrected chi connectivity index (χ3v) is 4.84. The van der Waals surface area contributed by atoms with E-state index in [9.17, 15) is 5.11 Å². The highest BCUT2D eigenvalue weighted by molar-refractivity contribution is 14.1. The number of aliphatic hydroxyl groups is 1. The average molecular weight is 396 g/mol. The van der Waals surface area contributed by atoms with Crippen molar-refractivity contribution in [2.45, 2.75) is 6.10 Å². The van der Waals surface area contributed by atoms with Gasteiger partial charge >= 0.3 is 0 Å². The van der Waals surface area contributed by atoms with E-state index in [0.717, 1.165) is 25.5 Å². The van der Waals surface area contributed by atoms with Crippen molar-refractivity contribution in [1.29, 1.82) is 0 Å². The maximum absolute atomic E-state index is 10.6. The van der Waals surface area contributed by atoms with E-state index < -0.39 is 6.10 Å². The van der Waals surface area contributed by atoms with Gasteiger partial charge in [0.15, 0.2) is 0 Å². The Kier molecular flexibility index (Phi) is 3.92. The molecule has 3 rings (SSSR count). The molecule has 0 spiro atoms. The standard InChI is InChI=1S/C16H11ClINO/c17-14-8-11(4-5-15(14)18)16(20)12-3-1-2-10-6-7-19-9-13(10)12/h1-9,16,20H. The Hall–Kier alpha value is -1.17. The fraction of sp³-hybridized carbons (Fsp3) is 0.0625. The van der Waals surface area contributed by atoms with Crippen LogP contribution in [0.4, 0.5) is 0 Å². The van der Waals surface area contributed by atoms with Crippen molar-refractivity contribution in [3.63, 3.8) is 0 Å². The van der Waals surface area contributed by atoms with Crippen molar-refractivity contribution in [3.8, 4) is 0 Å². The smallest absolute Gasteiger partial charge is 0.105 e. The molecule has 0 aliphatic carbocycles. The zero-order chi connectivity index (χ0) is 14.1. The van der Waals surface area contributed by atoms with Crippen molar-refractivity contribution in [2.75, 3.05) is 0 Å². The third kappa shape index (κ3) is 2.53. The van der Waals surface area contributed by atoms with E-state index in [2.05, 4.69) is 27.6 Å². The van der Waals surface area contributed by atoms with Crippen LogP contribution in [0.2, 0.25) is 5.02 Å². The summed E-state index contributed by atoms with van der Waals surface area (Å²) in [5.41, 5.74) is 1.62. The van der Waals surface area contributed by atoms with Gasteiger partial charge in [0.1, 0.15) is 6.10 Å². The molecular formula is C16H11ClINO. The molecule has 0 aliphatic rings. The molecular weight excluding hydrogens is 385 g/mol. The molecule has 20 heavy (non-hydrogen) atoms. The Morgan fingerprint density at radius 2 is 2.00 bits per heavy atom. The lowest BCUT2D eigenvalue weighted by Crippen LogP contribution is -2.01. The number of fused-ring (bicyclic) bond motifs is 1. The van der Waals surface area contributed by atoms with Crippen LogP contribution in [0.1, 0.15) is 17.2 Å². The average Bonchev–Trinajstić information content (AvgIpc) is 2.49. The molecule has 0 saturated heterocycles. The second-order valence-electron chi connectivity index (χ2n) is 4.52. The summed E-state index contributed by atoms with van der Waals surface area (Å²) in [7, 11) is 0. The summed E-state index contributed by atoms with van der Waals surface area (Å²) in [6.45, 7) is 0. The maximum Gasteiger partial charge on any atom is 0.105 e. The quantitative estimate of drug-likeness (QED) is 0.645. The molecule has 1 atom stereocenters. The van der Waals surface area contributed by atoms with Gasteiger partial charge in [0, 0.05) is 21.4 Å². The first kappa shape index (κ1) is 13.8. The van der Waals surface area contributed by atoms with Crippen LogP contribution in [0.5, 0.6) is 0 Å². The minimum Gasteiger partial charge on any atom is -0.384 e. The third-order valence-electron chi connectivity index (χ3n) is 3.27. The molecule has 0 amide bonds. The fourth-order valence-electron chi connectivity index (χ4n) is 2.24. The first-order chi connectivity index (χ1) is 9.66. The number of rotatable bonds is 2. The first-order valence-corrected chi connectivity index (χ1v) is 7.58. The Balaban J connectivity index is 2.12. The molecule has 0 radical (unpaired) electrons. The van der Waals surface area contributed by atoms with Crippen molar-refractivity contribution in [2.24, 2.45) is 0 Å². The lowest BCUT2D eigenvalue weighted by Gasteiger charge is -2.14. The van der Waals surface area contributed by atoms with Crippen LogP contribution in [0.3, 0.4) is 0 Å². The Bertz CT molecular complexity index is 770. The lowest BCUT2D eigenvalue weighted by atomic mass is 9.97. The number of benzene rings is 2. The van der Waals surface area contributed by atoms with Crippen LogP contribution < -0.4 is 0 Å². The minimum absolute atomic E-state index is 0.653. The topological polar surface area (TPSA) is 33.1 Å². The van der Waals surface area contributed by atoms with Gasteiger partial charge in [-0.05, 0) is 57.3 Å². The number of pyridine rings is 1. The summed E-state index contributed by atoms with van der Waals surface area (Å²) in [4.78, 5) is 4.14. The van der Waals surface area contributed by atoms with E-state index in [-0.39, 0.29) is 0 Å². The Morgan fingerprint density at radius 3 is 2.80 bits per heavy atom. The van der Waals surface area contributed by atoms with Crippen molar-refractivity contribution in [3.05, 3.63) is 74.6 Å². The number of hydrogen-bond donors (Lipinski definition) is 1. The van der Waals surface area contributed by atoms with Crippen LogP contribution >= 0.6 is 34.2 Å².